The third-order valence-electron chi connectivity index (χ3n) is 4.56. The van der Waals surface area contributed by atoms with Gasteiger partial charge in [0.15, 0.2) is 0 Å². The molecule has 2 aromatic rings. The zero-order chi connectivity index (χ0) is 17.8. The molecule has 1 saturated heterocycles. The first-order valence-electron chi connectivity index (χ1n) is 8.70. The highest BCUT2D eigenvalue weighted by Crippen LogP contribution is 2.25. The average Bonchev–Trinajstić information content (AvgIpc) is 2.62. The van der Waals surface area contributed by atoms with E-state index in [4.69, 9.17) is 11.6 Å². The maximum absolute atomic E-state index is 12.6. The van der Waals surface area contributed by atoms with Crippen LogP contribution < -0.4 is 10.2 Å². The van der Waals surface area contributed by atoms with Crippen LogP contribution in [0.2, 0.25) is 5.02 Å². The Balaban J connectivity index is 1.61. The third kappa shape index (κ3) is 4.26. The molecule has 0 spiro atoms. The van der Waals surface area contributed by atoms with Crippen LogP contribution in [0.4, 0.5) is 16.2 Å². The van der Waals surface area contributed by atoms with Crippen LogP contribution in [0.3, 0.4) is 0 Å². The van der Waals surface area contributed by atoms with Crippen LogP contribution in [-0.4, -0.2) is 37.1 Å². The van der Waals surface area contributed by atoms with Crippen LogP contribution in [0.25, 0.3) is 0 Å². The minimum atomic E-state index is -0.0288. The number of halogens is 1. The van der Waals surface area contributed by atoms with Crippen molar-refractivity contribution in [2.24, 2.45) is 0 Å². The van der Waals surface area contributed by atoms with E-state index in [2.05, 4.69) is 36.2 Å². The predicted octanol–water partition coefficient (Wildman–Crippen LogP) is 4.82. The van der Waals surface area contributed by atoms with Gasteiger partial charge in [0.2, 0.25) is 0 Å². The van der Waals surface area contributed by atoms with Gasteiger partial charge in [0, 0.05) is 42.6 Å². The van der Waals surface area contributed by atoms with E-state index in [0.29, 0.717) is 19.0 Å². The second-order valence-electron chi connectivity index (χ2n) is 6.63. The Labute approximate surface area is 154 Å². The third-order valence-corrected chi connectivity index (χ3v) is 4.80. The predicted molar refractivity (Wildman–Crippen MR) is 105 cm³/mol. The number of anilines is 2. The van der Waals surface area contributed by atoms with Gasteiger partial charge in [0.1, 0.15) is 0 Å². The number of piperazine rings is 1. The van der Waals surface area contributed by atoms with Crippen molar-refractivity contribution >= 4 is 29.0 Å². The molecular formula is C20H24ClN3O. The molecule has 0 unspecified atom stereocenters. The average molecular weight is 358 g/mol. The molecule has 0 atom stereocenters. The van der Waals surface area contributed by atoms with Crippen LogP contribution in [0.5, 0.6) is 0 Å². The lowest BCUT2D eigenvalue weighted by Crippen LogP contribution is -2.50. The van der Waals surface area contributed by atoms with Crippen LogP contribution in [-0.2, 0) is 0 Å². The molecule has 1 N–H and O–H groups in total. The van der Waals surface area contributed by atoms with E-state index in [1.54, 1.807) is 0 Å². The standard InChI is InChI=1S/C20H24ClN3O/c1-15(2)18-8-3-4-9-19(18)22-20(25)24-12-10-23(11-13-24)17-7-5-6-16(21)14-17/h3-9,14-15H,10-13H2,1-2H3,(H,22,25). The number of nitrogens with one attached hydrogen (secondary N) is 1. The summed E-state index contributed by atoms with van der Waals surface area (Å²) in [6, 6.07) is 15.8. The van der Waals surface area contributed by atoms with Crippen molar-refractivity contribution < 1.29 is 4.79 Å². The number of rotatable bonds is 3. The van der Waals surface area contributed by atoms with E-state index in [0.717, 1.165) is 35.1 Å². The first kappa shape index (κ1) is 17.6. The Hall–Kier alpha value is -2.20. The summed E-state index contributed by atoms with van der Waals surface area (Å²) in [6.07, 6.45) is 0. The second kappa shape index (κ2) is 7.79. The number of carbonyl (C=O) groups excluding carboxylic acids is 1. The Morgan fingerprint density at radius 1 is 1.04 bits per heavy atom. The van der Waals surface area contributed by atoms with Gasteiger partial charge >= 0.3 is 6.03 Å². The number of para-hydroxylation sites is 1. The lowest BCUT2D eigenvalue weighted by atomic mass is 10.0. The van der Waals surface area contributed by atoms with E-state index in [9.17, 15) is 4.79 Å². The largest absolute Gasteiger partial charge is 0.368 e. The molecule has 1 aliphatic heterocycles. The van der Waals surface area contributed by atoms with Gasteiger partial charge in [-0.05, 0) is 35.7 Å². The Morgan fingerprint density at radius 2 is 1.76 bits per heavy atom. The quantitative estimate of drug-likeness (QED) is 0.854. The second-order valence-corrected chi connectivity index (χ2v) is 7.06. The molecule has 3 rings (SSSR count). The zero-order valence-corrected chi connectivity index (χ0v) is 15.5. The van der Waals surface area contributed by atoms with Crippen molar-refractivity contribution in [1.29, 1.82) is 0 Å². The molecule has 5 heteroatoms. The summed E-state index contributed by atoms with van der Waals surface area (Å²) in [5.41, 5.74) is 3.17. The number of hydrogen-bond donors (Lipinski definition) is 1. The lowest BCUT2D eigenvalue weighted by molar-refractivity contribution is 0.208. The van der Waals surface area contributed by atoms with Gasteiger partial charge in [-0.15, -0.1) is 0 Å². The maximum Gasteiger partial charge on any atom is 0.321 e. The van der Waals surface area contributed by atoms with Gasteiger partial charge in [-0.2, -0.15) is 0 Å². The molecule has 1 heterocycles. The topological polar surface area (TPSA) is 35.6 Å². The van der Waals surface area contributed by atoms with Crippen LogP contribution in [0.15, 0.2) is 48.5 Å². The number of hydrogen-bond acceptors (Lipinski definition) is 2. The Morgan fingerprint density at radius 3 is 2.44 bits per heavy atom. The summed E-state index contributed by atoms with van der Waals surface area (Å²) >= 11 is 6.07. The van der Waals surface area contributed by atoms with Crippen molar-refractivity contribution in [2.75, 3.05) is 36.4 Å². The first-order valence-corrected chi connectivity index (χ1v) is 9.08. The molecule has 1 aliphatic rings. The minimum absolute atomic E-state index is 0.0288. The molecule has 0 saturated carbocycles. The Bertz CT molecular complexity index is 739. The van der Waals surface area contributed by atoms with Gasteiger partial charge in [-0.3, -0.25) is 0 Å². The molecule has 1 fully saturated rings. The smallest absolute Gasteiger partial charge is 0.321 e. The molecule has 0 radical (unpaired) electrons. The first-order chi connectivity index (χ1) is 12.0. The van der Waals surface area contributed by atoms with E-state index in [-0.39, 0.29) is 6.03 Å². The minimum Gasteiger partial charge on any atom is -0.368 e. The molecule has 2 amide bonds. The number of nitrogens with zero attached hydrogens (tertiary/aromatic N) is 2. The number of benzene rings is 2. The maximum atomic E-state index is 12.6. The highest BCUT2D eigenvalue weighted by Gasteiger charge is 2.22. The number of urea groups is 1. The van der Waals surface area contributed by atoms with Crippen molar-refractivity contribution in [3.8, 4) is 0 Å². The van der Waals surface area contributed by atoms with Gasteiger partial charge in [-0.1, -0.05) is 49.7 Å². The Kier molecular flexibility index (Phi) is 5.49. The molecule has 2 aromatic carbocycles. The highest BCUT2D eigenvalue weighted by molar-refractivity contribution is 6.30. The van der Waals surface area contributed by atoms with E-state index >= 15 is 0 Å². The lowest BCUT2D eigenvalue weighted by Gasteiger charge is -2.36. The van der Waals surface area contributed by atoms with Crippen LogP contribution in [0, 0.1) is 0 Å². The van der Waals surface area contributed by atoms with E-state index in [1.807, 2.05) is 41.3 Å². The van der Waals surface area contributed by atoms with E-state index in [1.165, 1.54) is 0 Å². The fourth-order valence-electron chi connectivity index (χ4n) is 3.15. The van der Waals surface area contributed by atoms with E-state index < -0.39 is 0 Å². The van der Waals surface area contributed by atoms with Crippen molar-refractivity contribution in [3.05, 3.63) is 59.1 Å². The van der Waals surface area contributed by atoms with Gasteiger partial charge in [0.25, 0.3) is 0 Å². The molecule has 0 aliphatic carbocycles. The summed E-state index contributed by atoms with van der Waals surface area (Å²) < 4.78 is 0. The fourth-order valence-corrected chi connectivity index (χ4v) is 3.33. The number of amides is 2. The van der Waals surface area contributed by atoms with Crippen LogP contribution >= 0.6 is 11.6 Å². The van der Waals surface area contributed by atoms with Gasteiger partial charge in [-0.25, -0.2) is 4.79 Å². The summed E-state index contributed by atoms with van der Waals surface area (Å²) in [6.45, 7) is 7.27. The zero-order valence-electron chi connectivity index (χ0n) is 14.7. The normalized spacial score (nSPS) is 14.7. The number of carbonyl (C=O) groups is 1. The highest BCUT2D eigenvalue weighted by atomic mass is 35.5. The summed E-state index contributed by atoms with van der Waals surface area (Å²) in [4.78, 5) is 16.7. The van der Waals surface area contributed by atoms with Gasteiger partial charge in [0.05, 0.1) is 0 Å². The van der Waals surface area contributed by atoms with Crippen LogP contribution in [0.1, 0.15) is 25.3 Å². The molecular weight excluding hydrogens is 334 g/mol. The monoisotopic (exact) mass is 357 g/mol. The summed E-state index contributed by atoms with van der Waals surface area (Å²) in [5, 5.41) is 3.81. The fraction of sp³-hybridized carbons (Fsp3) is 0.350. The molecule has 4 nitrogen and oxygen atoms in total. The van der Waals surface area contributed by atoms with Crippen molar-refractivity contribution in [3.63, 3.8) is 0 Å². The van der Waals surface area contributed by atoms with Crippen molar-refractivity contribution in [1.82, 2.24) is 4.90 Å². The summed E-state index contributed by atoms with van der Waals surface area (Å²) in [7, 11) is 0. The molecule has 25 heavy (non-hydrogen) atoms. The molecule has 0 aromatic heterocycles. The van der Waals surface area contributed by atoms with Crippen molar-refractivity contribution in [2.45, 2.75) is 19.8 Å². The molecule has 0 bridgehead atoms. The van der Waals surface area contributed by atoms with Gasteiger partial charge < -0.3 is 15.1 Å². The summed E-state index contributed by atoms with van der Waals surface area (Å²) in [5.74, 6) is 0.371. The molecule has 132 valence electrons. The SMILES string of the molecule is CC(C)c1ccccc1NC(=O)N1CCN(c2cccc(Cl)c2)CC1.